The fourth-order valence-electron chi connectivity index (χ4n) is 1.65. The van der Waals surface area contributed by atoms with Crippen LogP contribution in [0.1, 0.15) is 39.0 Å². The number of ketones is 1. The van der Waals surface area contributed by atoms with Crippen LogP contribution in [0.25, 0.3) is 0 Å². The average Bonchev–Trinajstić information content (AvgIpc) is 2.23. The van der Waals surface area contributed by atoms with Crippen molar-refractivity contribution in [1.29, 1.82) is 0 Å². The zero-order valence-corrected chi connectivity index (χ0v) is 9.52. The summed E-state index contributed by atoms with van der Waals surface area (Å²) in [6.07, 6.45) is 5.08. The number of cyclic esters (lactones) is 1. The zero-order valence-electron chi connectivity index (χ0n) is 9.52. The van der Waals surface area contributed by atoms with Crippen molar-refractivity contribution in [3.8, 4) is 0 Å². The van der Waals surface area contributed by atoms with Gasteiger partial charge in [0.2, 0.25) is 0 Å². The molecule has 0 spiro atoms. The minimum atomic E-state index is -0.985. The van der Waals surface area contributed by atoms with Crippen molar-refractivity contribution in [2.24, 2.45) is 0 Å². The molecule has 0 unspecified atom stereocenters. The van der Waals surface area contributed by atoms with Gasteiger partial charge in [0.25, 0.3) is 0 Å². The number of ether oxygens (including phenoxy) is 1. The second-order valence-electron chi connectivity index (χ2n) is 4.14. The Kier molecular flexibility index (Phi) is 5.19. The Hall–Kier alpha value is -1.16. The van der Waals surface area contributed by atoms with E-state index in [-0.39, 0.29) is 6.10 Å². The molecule has 1 rings (SSSR count). The van der Waals surface area contributed by atoms with Crippen molar-refractivity contribution in [3.63, 3.8) is 0 Å². The van der Waals surface area contributed by atoms with Gasteiger partial charge in [-0.1, -0.05) is 12.8 Å². The lowest BCUT2D eigenvalue weighted by atomic mass is 10.0. The number of carbonyl (C=O) groups is 2. The van der Waals surface area contributed by atoms with E-state index in [0.717, 1.165) is 37.8 Å². The molecule has 0 aromatic heterocycles. The molecule has 0 aromatic rings. The Balaban J connectivity index is 2.61. The molecule has 4 heteroatoms. The molecule has 1 aliphatic rings. The first-order valence-corrected chi connectivity index (χ1v) is 5.70. The molecule has 0 amide bonds. The van der Waals surface area contributed by atoms with E-state index in [9.17, 15) is 14.7 Å². The fourth-order valence-corrected chi connectivity index (χ4v) is 1.65. The van der Waals surface area contributed by atoms with Gasteiger partial charge in [0.05, 0.1) is 6.10 Å². The number of carbonyl (C=O) groups excluding carboxylic acids is 2. The van der Waals surface area contributed by atoms with Gasteiger partial charge in [-0.05, 0) is 32.3 Å². The molecule has 0 aromatic carbocycles. The van der Waals surface area contributed by atoms with Gasteiger partial charge in [-0.15, -0.1) is 0 Å². The normalized spacial score (nSPS) is 31.1. The van der Waals surface area contributed by atoms with Crippen molar-refractivity contribution in [2.45, 2.75) is 51.2 Å². The predicted molar refractivity (Wildman–Crippen MR) is 58.8 cm³/mol. The number of aliphatic hydroxyl groups excluding tert-OH is 1. The number of aliphatic hydroxyl groups is 1. The molecule has 1 N–H and O–H groups in total. The highest BCUT2D eigenvalue weighted by atomic mass is 16.5. The summed E-state index contributed by atoms with van der Waals surface area (Å²) in [5.41, 5.74) is 0. The Labute approximate surface area is 95.3 Å². The summed E-state index contributed by atoms with van der Waals surface area (Å²) in [5.74, 6) is -0.946. The van der Waals surface area contributed by atoms with Gasteiger partial charge in [0, 0.05) is 6.08 Å². The third-order valence-electron chi connectivity index (χ3n) is 2.62. The summed E-state index contributed by atoms with van der Waals surface area (Å²) in [7, 11) is 0. The van der Waals surface area contributed by atoms with Gasteiger partial charge in [0.15, 0.2) is 5.78 Å². The summed E-state index contributed by atoms with van der Waals surface area (Å²) in [6.45, 7) is 1.84. The topological polar surface area (TPSA) is 63.6 Å². The first-order valence-electron chi connectivity index (χ1n) is 5.70. The molecule has 90 valence electrons. The lowest BCUT2D eigenvalue weighted by Gasteiger charge is -2.13. The van der Waals surface area contributed by atoms with Gasteiger partial charge >= 0.3 is 5.97 Å². The van der Waals surface area contributed by atoms with Gasteiger partial charge in [-0.3, -0.25) is 4.79 Å². The number of esters is 1. The largest absolute Gasteiger partial charge is 0.460 e. The second-order valence-corrected chi connectivity index (χ2v) is 4.14. The van der Waals surface area contributed by atoms with Gasteiger partial charge < -0.3 is 9.84 Å². The smallest absolute Gasteiger partial charge is 0.331 e. The van der Waals surface area contributed by atoms with Crippen LogP contribution in [-0.2, 0) is 14.3 Å². The molecule has 1 heterocycles. The molecule has 1 aliphatic heterocycles. The molecular weight excluding hydrogens is 208 g/mol. The van der Waals surface area contributed by atoms with Crippen LogP contribution in [0, 0.1) is 0 Å². The van der Waals surface area contributed by atoms with Crippen LogP contribution in [0.15, 0.2) is 12.2 Å². The van der Waals surface area contributed by atoms with Crippen molar-refractivity contribution in [1.82, 2.24) is 0 Å². The number of rotatable bonds is 0. The summed E-state index contributed by atoms with van der Waals surface area (Å²) in [6, 6.07) is 0. The lowest BCUT2D eigenvalue weighted by molar-refractivity contribution is -0.142. The van der Waals surface area contributed by atoms with E-state index in [1.807, 2.05) is 6.92 Å². The van der Waals surface area contributed by atoms with Crippen molar-refractivity contribution >= 4 is 11.8 Å². The Morgan fingerprint density at radius 1 is 1.19 bits per heavy atom. The molecule has 0 bridgehead atoms. The number of hydrogen-bond acceptors (Lipinski definition) is 4. The van der Waals surface area contributed by atoms with E-state index < -0.39 is 17.9 Å². The Morgan fingerprint density at radius 2 is 1.88 bits per heavy atom. The van der Waals surface area contributed by atoms with Crippen LogP contribution in [0.5, 0.6) is 0 Å². The van der Waals surface area contributed by atoms with Crippen molar-refractivity contribution < 1.29 is 19.4 Å². The molecule has 0 radical (unpaired) electrons. The maximum Gasteiger partial charge on any atom is 0.331 e. The molecule has 0 aliphatic carbocycles. The SMILES string of the molecule is C[C@@H]1CCCCC[C@H](O)C(=O)/C=C\C(=O)O1. The molecule has 0 fully saturated rings. The fraction of sp³-hybridized carbons (Fsp3) is 0.667. The Morgan fingerprint density at radius 3 is 2.62 bits per heavy atom. The van der Waals surface area contributed by atoms with Gasteiger partial charge in [0.1, 0.15) is 6.10 Å². The van der Waals surface area contributed by atoms with Crippen LogP contribution < -0.4 is 0 Å². The predicted octanol–water partition coefficient (Wildman–Crippen LogP) is 1.37. The third kappa shape index (κ3) is 4.57. The number of hydrogen-bond donors (Lipinski definition) is 1. The van der Waals surface area contributed by atoms with Crippen LogP contribution in [0.3, 0.4) is 0 Å². The highest BCUT2D eigenvalue weighted by molar-refractivity contribution is 5.98. The molecule has 4 nitrogen and oxygen atoms in total. The maximum absolute atomic E-state index is 11.3. The first-order chi connectivity index (χ1) is 7.59. The van der Waals surface area contributed by atoms with Crippen molar-refractivity contribution in [3.05, 3.63) is 12.2 Å². The highest BCUT2D eigenvalue weighted by Crippen LogP contribution is 2.11. The van der Waals surface area contributed by atoms with E-state index in [1.165, 1.54) is 0 Å². The molecular formula is C12H18O4. The van der Waals surface area contributed by atoms with Crippen LogP contribution in [0.4, 0.5) is 0 Å². The van der Waals surface area contributed by atoms with Crippen molar-refractivity contribution in [2.75, 3.05) is 0 Å². The van der Waals surface area contributed by atoms with E-state index >= 15 is 0 Å². The Bertz CT molecular complexity index is 283. The standard InChI is InChI=1S/C12H18O4/c1-9-5-3-2-4-6-10(13)11(14)7-8-12(15)16-9/h7-10,13H,2-6H2,1H3/b8-7-/t9-,10+/m1/s1. The maximum atomic E-state index is 11.3. The van der Waals surface area contributed by atoms with E-state index in [2.05, 4.69) is 0 Å². The summed E-state index contributed by atoms with van der Waals surface area (Å²) in [4.78, 5) is 22.5. The second kappa shape index (κ2) is 6.43. The molecule has 16 heavy (non-hydrogen) atoms. The highest BCUT2D eigenvalue weighted by Gasteiger charge is 2.14. The average molecular weight is 226 g/mol. The van der Waals surface area contributed by atoms with Crippen LogP contribution in [0.2, 0.25) is 0 Å². The zero-order chi connectivity index (χ0) is 12.0. The summed E-state index contributed by atoms with van der Waals surface area (Å²) in [5, 5.41) is 9.45. The minimum Gasteiger partial charge on any atom is -0.460 e. The molecule has 0 saturated carbocycles. The van der Waals surface area contributed by atoms with Crippen LogP contribution in [-0.4, -0.2) is 29.1 Å². The quantitative estimate of drug-likeness (QED) is 0.634. The van der Waals surface area contributed by atoms with Gasteiger partial charge in [-0.2, -0.15) is 0 Å². The monoisotopic (exact) mass is 226 g/mol. The van der Waals surface area contributed by atoms with E-state index in [0.29, 0.717) is 6.42 Å². The lowest BCUT2D eigenvalue weighted by Crippen LogP contribution is -2.20. The first kappa shape index (κ1) is 12.9. The summed E-state index contributed by atoms with van der Waals surface area (Å²) >= 11 is 0. The summed E-state index contributed by atoms with van der Waals surface area (Å²) < 4.78 is 5.05. The molecule has 2 atom stereocenters. The minimum absolute atomic E-state index is 0.114. The van der Waals surface area contributed by atoms with E-state index in [1.54, 1.807) is 0 Å². The molecule has 0 saturated heterocycles. The van der Waals surface area contributed by atoms with E-state index in [4.69, 9.17) is 4.74 Å². The van der Waals surface area contributed by atoms with Crippen LogP contribution >= 0.6 is 0 Å². The van der Waals surface area contributed by atoms with Gasteiger partial charge in [-0.25, -0.2) is 4.79 Å². The third-order valence-corrected chi connectivity index (χ3v) is 2.62.